The minimum atomic E-state index is -0.194. The van der Waals surface area contributed by atoms with Crippen LogP contribution in [-0.4, -0.2) is 24.2 Å². The lowest BCUT2D eigenvalue weighted by molar-refractivity contribution is 0.0942. The standard InChI is InChI=1S/C17H19NO2/c19-11-3-5-13-4-1-2-6-15(13)16(20)18-12-17(9-10-17)14-7-8-14/h1-2,4,6,14,19H,7-12H2,(H,18,20). The zero-order valence-corrected chi connectivity index (χ0v) is 11.5. The van der Waals surface area contributed by atoms with Crippen LogP contribution in [0.3, 0.4) is 0 Å². The maximum absolute atomic E-state index is 12.3. The molecule has 2 aliphatic rings. The third kappa shape index (κ3) is 2.71. The van der Waals surface area contributed by atoms with Crippen LogP contribution < -0.4 is 5.32 Å². The van der Waals surface area contributed by atoms with E-state index in [9.17, 15) is 4.79 Å². The number of carbonyl (C=O) groups is 1. The van der Waals surface area contributed by atoms with Gasteiger partial charge in [0.05, 0.1) is 5.56 Å². The molecule has 3 nitrogen and oxygen atoms in total. The molecule has 1 aromatic carbocycles. The van der Waals surface area contributed by atoms with E-state index < -0.39 is 0 Å². The Labute approximate surface area is 119 Å². The van der Waals surface area contributed by atoms with Gasteiger partial charge in [0.1, 0.15) is 6.61 Å². The number of rotatable bonds is 4. The fourth-order valence-electron chi connectivity index (χ4n) is 2.86. The number of aliphatic hydroxyl groups is 1. The summed E-state index contributed by atoms with van der Waals surface area (Å²) < 4.78 is 0. The number of aliphatic hydroxyl groups excluding tert-OH is 1. The fraction of sp³-hybridized carbons (Fsp3) is 0.471. The van der Waals surface area contributed by atoms with E-state index in [1.165, 1.54) is 25.7 Å². The zero-order valence-electron chi connectivity index (χ0n) is 11.5. The molecule has 3 rings (SSSR count). The SMILES string of the molecule is O=C(NCC1(C2CC2)CC1)c1ccccc1C#CCO. The van der Waals surface area contributed by atoms with Crippen molar-refractivity contribution in [3.63, 3.8) is 0 Å². The summed E-state index contributed by atoms with van der Waals surface area (Å²) in [5.74, 6) is 6.21. The molecular formula is C17H19NO2. The van der Waals surface area contributed by atoms with Gasteiger partial charge in [-0.05, 0) is 49.1 Å². The Balaban J connectivity index is 1.67. The summed E-state index contributed by atoms with van der Waals surface area (Å²) >= 11 is 0. The van der Waals surface area contributed by atoms with Crippen molar-refractivity contribution in [1.29, 1.82) is 0 Å². The summed E-state index contributed by atoms with van der Waals surface area (Å²) in [5, 5.41) is 11.8. The first-order chi connectivity index (χ1) is 9.75. The van der Waals surface area contributed by atoms with Crippen molar-refractivity contribution in [1.82, 2.24) is 5.32 Å². The average molecular weight is 269 g/mol. The quantitative estimate of drug-likeness (QED) is 0.821. The van der Waals surface area contributed by atoms with Crippen LogP contribution in [0, 0.1) is 23.2 Å². The van der Waals surface area contributed by atoms with Gasteiger partial charge in [0.15, 0.2) is 0 Å². The van der Waals surface area contributed by atoms with Crippen LogP contribution >= 0.6 is 0 Å². The van der Waals surface area contributed by atoms with E-state index >= 15 is 0 Å². The average Bonchev–Trinajstić information content (AvgIpc) is 3.35. The molecule has 1 aromatic rings. The van der Waals surface area contributed by atoms with E-state index in [1.54, 1.807) is 6.07 Å². The maximum atomic E-state index is 12.3. The van der Waals surface area contributed by atoms with Gasteiger partial charge in [-0.3, -0.25) is 4.79 Å². The Morgan fingerprint density at radius 1 is 1.35 bits per heavy atom. The van der Waals surface area contributed by atoms with E-state index in [0.717, 1.165) is 12.5 Å². The van der Waals surface area contributed by atoms with Crippen LogP contribution in [0.4, 0.5) is 0 Å². The van der Waals surface area contributed by atoms with E-state index in [4.69, 9.17) is 5.11 Å². The van der Waals surface area contributed by atoms with Gasteiger partial charge in [0.2, 0.25) is 0 Å². The third-order valence-corrected chi connectivity index (χ3v) is 4.41. The Morgan fingerprint density at radius 2 is 2.10 bits per heavy atom. The highest BCUT2D eigenvalue weighted by Gasteiger charge is 2.53. The molecule has 104 valence electrons. The van der Waals surface area contributed by atoms with Crippen molar-refractivity contribution in [2.24, 2.45) is 11.3 Å². The molecule has 0 unspecified atom stereocenters. The summed E-state index contributed by atoms with van der Waals surface area (Å²) in [6, 6.07) is 7.29. The number of nitrogens with one attached hydrogen (secondary N) is 1. The summed E-state index contributed by atoms with van der Waals surface area (Å²) in [6.45, 7) is 0.596. The molecule has 20 heavy (non-hydrogen) atoms. The predicted octanol–water partition coefficient (Wildman–Crippen LogP) is 1.95. The Hall–Kier alpha value is -1.79. The molecule has 0 spiro atoms. The van der Waals surface area contributed by atoms with Crippen LogP contribution in [0.1, 0.15) is 41.6 Å². The lowest BCUT2D eigenvalue weighted by atomic mass is 10.0. The van der Waals surface area contributed by atoms with E-state index in [-0.39, 0.29) is 12.5 Å². The molecule has 1 amide bonds. The van der Waals surface area contributed by atoms with Crippen LogP contribution in [-0.2, 0) is 0 Å². The Morgan fingerprint density at radius 3 is 2.75 bits per heavy atom. The second-order valence-corrected chi connectivity index (χ2v) is 5.82. The minimum Gasteiger partial charge on any atom is -0.384 e. The van der Waals surface area contributed by atoms with Crippen molar-refractivity contribution < 1.29 is 9.90 Å². The van der Waals surface area contributed by atoms with Crippen LogP contribution in [0.2, 0.25) is 0 Å². The minimum absolute atomic E-state index is 0.0558. The molecular weight excluding hydrogens is 250 g/mol. The van der Waals surface area contributed by atoms with Gasteiger partial charge >= 0.3 is 0 Å². The van der Waals surface area contributed by atoms with Crippen molar-refractivity contribution in [3.8, 4) is 11.8 Å². The van der Waals surface area contributed by atoms with Gasteiger partial charge < -0.3 is 10.4 Å². The molecule has 2 aliphatic carbocycles. The molecule has 0 aromatic heterocycles. The predicted molar refractivity (Wildman–Crippen MR) is 77.1 cm³/mol. The highest BCUT2D eigenvalue weighted by atomic mass is 16.2. The van der Waals surface area contributed by atoms with Crippen LogP contribution in [0.5, 0.6) is 0 Å². The smallest absolute Gasteiger partial charge is 0.252 e. The summed E-state index contributed by atoms with van der Waals surface area (Å²) in [5.41, 5.74) is 1.68. The van der Waals surface area contributed by atoms with Gasteiger partial charge in [-0.25, -0.2) is 0 Å². The molecule has 2 N–H and O–H groups in total. The zero-order chi connectivity index (χ0) is 14.0. The monoisotopic (exact) mass is 269 g/mol. The topological polar surface area (TPSA) is 49.3 Å². The van der Waals surface area contributed by atoms with E-state index in [2.05, 4.69) is 17.2 Å². The van der Waals surface area contributed by atoms with Gasteiger partial charge in [-0.2, -0.15) is 0 Å². The first-order valence-corrected chi connectivity index (χ1v) is 7.22. The highest BCUT2D eigenvalue weighted by molar-refractivity contribution is 5.96. The van der Waals surface area contributed by atoms with Crippen molar-refractivity contribution in [2.45, 2.75) is 25.7 Å². The lowest BCUT2D eigenvalue weighted by Crippen LogP contribution is -2.31. The van der Waals surface area contributed by atoms with Crippen molar-refractivity contribution >= 4 is 5.91 Å². The summed E-state index contributed by atoms with van der Waals surface area (Å²) in [7, 11) is 0. The molecule has 2 fully saturated rings. The fourth-order valence-corrected chi connectivity index (χ4v) is 2.86. The number of amides is 1. The van der Waals surface area contributed by atoms with Gasteiger partial charge in [0, 0.05) is 12.1 Å². The van der Waals surface area contributed by atoms with Gasteiger partial charge in [-0.15, -0.1) is 0 Å². The van der Waals surface area contributed by atoms with Crippen LogP contribution in [0.15, 0.2) is 24.3 Å². The molecule has 0 bridgehead atoms. The van der Waals surface area contributed by atoms with Gasteiger partial charge in [0.25, 0.3) is 5.91 Å². The molecule has 0 aliphatic heterocycles. The normalized spacial score (nSPS) is 18.9. The maximum Gasteiger partial charge on any atom is 0.252 e. The number of carbonyl (C=O) groups excluding carboxylic acids is 1. The van der Waals surface area contributed by atoms with E-state index in [1.807, 2.05) is 18.2 Å². The third-order valence-electron chi connectivity index (χ3n) is 4.41. The molecule has 3 heteroatoms. The molecule has 0 radical (unpaired) electrons. The number of benzene rings is 1. The van der Waals surface area contributed by atoms with E-state index in [0.29, 0.717) is 16.5 Å². The largest absolute Gasteiger partial charge is 0.384 e. The Bertz CT molecular complexity index is 574. The Kier molecular flexibility index (Phi) is 3.50. The first kappa shape index (κ1) is 13.2. The molecule has 2 saturated carbocycles. The molecule has 0 atom stereocenters. The second kappa shape index (κ2) is 5.30. The summed E-state index contributed by atoms with van der Waals surface area (Å²) in [6.07, 6.45) is 5.16. The number of hydrogen-bond donors (Lipinski definition) is 2. The highest BCUT2D eigenvalue weighted by Crippen LogP contribution is 2.60. The summed E-state index contributed by atoms with van der Waals surface area (Å²) in [4.78, 5) is 12.3. The van der Waals surface area contributed by atoms with Crippen molar-refractivity contribution in [2.75, 3.05) is 13.2 Å². The number of hydrogen-bond acceptors (Lipinski definition) is 2. The van der Waals surface area contributed by atoms with Crippen molar-refractivity contribution in [3.05, 3.63) is 35.4 Å². The molecule has 0 saturated heterocycles. The lowest BCUT2D eigenvalue weighted by Gasteiger charge is -2.15. The van der Waals surface area contributed by atoms with Crippen LogP contribution in [0.25, 0.3) is 0 Å². The van der Waals surface area contributed by atoms with Gasteiger partial charge in [-0.1, -0.05) is 24.0 Å². The molecule has 0 heterocycles. The second-order valence-electron chi connectivity index (χ2n) is 5.82. The first-order valence-electron chi connectivity index (χ1n) is 7.22.